The number of anilines is 1. The van der Waals surface area contributed by atoms with Gasteiger partial charge in [0, 0.05) is 30.4 Å². The first-order valence-electron chi connectivity index (χ1n) is 10.4. The van der Waals surface area contributed by atoms with Crippen molar-refractivity contribution in [1.29, 1.82) is 0 Å². The first kappa shape index (κ1) is 20.6. The molecule has 158 valence electrons. The van der Waals surface area contributed by atoms with E-state index >= 15 is 0 Å². The first-order valence-corrected chi connectivity index (χ1v) is 11.2. The number of aryl methyl sites for hydroxylation is 2. The van der Waals surface area contributed by atoms with E-state index in [2.05, 4.69) is 34.0 Å². The Hall–Kier alpha value is -2.67. The summed E-state index contributed by atoms with van der Waals surface area (Å²) in [5.41, 5.74) is 2.46. The van der Waals surface area contributed by atoms with Crippen molar-refractivity contribution in [2.75, 3.05) is 31.6 Å². The Morgan fingerprint density at radius 2 is 1.93 bits per heavy atom. The predicted molar refractivity (Wildman–Crippen MR) is 122 cm³/mol. The summed E-state index contributed by atoms with van der Waals surface area (Å²) >= 11 is 1.72. The summed E-state index contributed by atoms with van der Waals surface area (Å²) in [6, 6.07) is 7.99. The number of hydrogen-bond donors (Lipinski definition) is 1. The van der Waals surface area contributed by atoms with Crippen LogP contribution in [0.3, 0.4) is 0 Å². The highest BCUT2D eigenvalue weighted by molar-refractivity contribution is 7.18. The van der Waals surface area contributed by atoms with Crippen molar-refractivity contribution >= 4 is 33.3 Å². The van der Waals surface area contributed by atoms with Crippen molar-refractivity contribution in [3.05, 3.63) is 46.6 Å². The quantitative estimate of drug-likeness (QED) is 0.650. The fourth-order valence-electron chi connectivity index (χ4n) is 4.02. The van der Waals surface area contributed by atoms with Crippen molar-refractivity contribution in [1.82, 2.24) is 15.3 Å². The van der Waals surface area contributed by atoms with E-state index in [0.717, 1.165) is 48.7 Å². The van der Waals surface area contributed by atoms with Crippen LogP contribution in [0.5, 0.6) is 5.75 Å². The number of thiophene rings is 1. The summed E-state index contributed by atoms with van der Waals surface area (Å²) in [6.45, 7) is 6.62. The van der Waals surface area contributed by atoms with E-state index in [1.54, 1.807) is 24.8 Å². The molecule has 0 aliphatic carbocycles. The molecule has 1 saturated heterocycles. The number of carbonyl (C=O) groups is 1. The third kappa shape index (κ3) is 4.26. The third-order valence-electron chi connectivity index (χ3n) is 5.98. The Labute approximate surface area is 181 Å². The lowest BCUT2D eigenvalue weighted by atomic mass is 9.95. The van der Waals surface area contributed by atoms with Crippen molar-refractivity contribution in [2.45, 2.75) is 33.1 Å². The molecule has 6 nitrogen and oxygen atoms in total. The fourth-order valence-corrected chi connectivity index (χ4v) is 5.02. The molecule has 1 aliphatic heterocycles. The molecular formula is C23H28N4O2S. The first-order chi connectivity index (χ1) is 14.6. The number of amides is 1. The largest absolute Gasteiger partial charge is 0.497 e. The third-order valence-corrected chi connectivity index (χ3v) is 7.10. The molecular weight excluding hydrogens is 396 g/mol. The number of aromatic nitrogens is 2. The number of methoxy groups -OCH3 is 1. The van der Waals surface area contributed by atoms with E-state index in [9.17, 15) is 4.79 Å². The molecule has 1 amide bonds. The van der Waals surface area contributed by atoms with E-state index in [1.165, 1.54) is 21.4 Å². The van der Waals surface area contributed by atoms with Crippen molar-refractivity contribution < 1.29 is 9.53 Å². The average molecular weight is 425 g/mol. The summed E-state index contributed by atoms with van der Waals surface area (Å²) in [7, 11) is 1.66. The van der Waals surface area contributed by atoms with E-state index in [4.69, 9.17) is 4.74 Å². The molecule has 0 bridgehead atoms. The van der Waals surface area contributed by atoms with Crippen LogP contribution in [-0.4, -0.2) is 42.6 Å². The van der Waals surface area contributed by atoms with Crippen molar-refractivity contribution in [3.63, 3.8) is 0 Å². The molecule has 2 aromatic heterocycles. The number of fused-ring (bicyclic) bond motifs is 1. The molecule has 1 fully saturated rings. The lowest BCUT2D eigenvalue weighted by molar-refractivity contribution is -0.125. The lowest BCUT2D eigenvalue weighted by Gasteiger charge is -2.32. The van der Waals surface area contributed by atoms with Gasteiger partial charge in [-0.05, 0) is 56.4 Å². The van der Waals surface area contributed by atoms with Gasteiger partial charge in [0.2, 0.25) is 5.91 Å². The van der Waals surface area contributed by atoms with Crippen LogP contribution in [-0.2, 0) is 11.2 Å². The zero-order valence-corrected chi connectivity index (χ0v) is 18.6. The van der Waals surface area contributed by atoms with Gasteiger partial charge in [0.1, 0.15) is 22.7 Å². The minimum atomic E-state index is 0.0692. The summed E-state index contributed by atoms with van der Waals surface area (Å²) in [6.07, 6.45) is 4.18. The molecule has 4 rings (SSSR count). The Balaban J connectivity index is 1.30. The Kier molecular flexibility index (Phi) is 6.18. The van der Waals surface area contributed by atoms with E-state index in [0.29, 0.717) is 6.54 Å². The second-order valence-electron chi connectivity index (χ2n) is 7.81. The minimum absolute atomic E-state index is 0.0692. The maximum Gasteiger partial charge on any atom is 0.223 e. The topological polar surface area (TPSA) is 67.3 Å². The normalized spacial score (nSPS) is 14.8. The molecule has 30 heavy (non-hydrogen) atoms. The zero-order valence-electron chi connectivity index (χ0n) is 17.8. The van der Waals surface area contributed by atoms with Crippen LogP contribution in [0.4, 0.5) is 5.82 Å². The summed E-state index contributed by atoms with van der Waals surface area (Å²) in [5.74, 6) is 2.10. The summed E-state index contributed by atoms with van der Waals surface area (Å²) in [5, 5.41) is 4.28. The van der Waals surface area contributed by atoms with Crippen LogP contribution in [0.2, 0.25) is 0 Å². The van der Waals surface area contributed by atoms with Gasteiger partial charge in [-0.2, -0.15) is 0 Å². The number of carbonyl (C=O) groups excluding carboxylic acids is 1. The number of ether oxygens (including phenoxy) is 1. The SMILES string of the molecule is COc1ccc(CCNC(=O)C2CCN(c3ncnc4sc(C)c(C)c34)CC2)cc1. The highest BCUT2D eigenvalue weighted by atomic mass is 32.1. The van der Waals surface area contributed by atoms with Crippen LogP contribution < -0.4 is 15.0 Å². The van der Waals surface area contributed by atoms with Crippen LogP contribution in [0.25, 0.3) is 10.2 Å². The number of nitrogens with zero attached hydrogens (tertiary/aromatic N) is 3. The monoisotopic (exact) mass is 424 g/mol. The Morgan fingerprint density at radius 3 is 2.63 bits per heavy atom. The molecule has 0 radical (unpaired) electrons. The second kappa shape index (κ2) is 9.00. The fraction of sp³-hybridized carbons (Fsp3) is 0.435. The Morgan fingerprint density at radius 1 is 1.20 bits per heavy atom. The maximum absolute atomic E-state index is 12.6. The summed E-state index contributed by atoms with van der Waals surface area (Å²) in [4.78, 5) is 26.3. The standard InChI is InChI=1S/C23H28N4O2S/c1-15-16(2)30-23-20(15)21(25-14-26-23)27-12-9-18(10-13-27)22(28)24-11-8-17-4-6-19(29-3)7-5-17/h4-7,14,18H,8-13H2,1-3H3,(H,24,28). The highest BCUT2D eigenvalue weighted by Gasteiger charge is 2.27. The number of piperidine rings is 1. The average Bonchev–Trinajstić information content (AvgIpc) is 3.08. The molecule has 3 aromatic rings. The molecule has 3 heterocycles. The predicted octanol–water partition coefficient (Wildman–Crippen LogP) is 3.89. The van der Waals surface area contributed by atoms with Gasteiger partial charge in [0.15, 0.2) is 0 Å². The molecule has 0 atom stereocenters. The van der Waals surface area contributed by atoms with Crippen LogP contribution in [0.1, 0.15) is 28.8 Å². The van der Waals surface area contributed by atoms with Crippen LogP contribution >= 0.6 is 11.3 Å². The number of hydrogen-bond acceptors (Lipinski definition) is 6. The smallest absolute Gasteiger partial charge is 0.223 e. The molecule has 0 spiro atoms. The van der Waals surface area contributed by atoms with Gasteiger partial charge in [-0.3, -0.25) is 4.79 Å². The van der Waals surface area contributed by atoms with Crippen LogP contribution in [0.15, 0.2) is 30.6 Å². The van der Waals surface area contributed by atoms with E-state index < -0.39 is 0 Å². The molecule has 1 aliphatic rings. The van der Waals surface area contributed by atoms with Gasteiger partial charge in [-0.1, -0.05) is 12.1 Å². The Bertz CT molecular complexity index is 1020. The van der Waals surface area contributed by atoms with Gasteiger partial charge >= 0.3 is 0 Å². The van der Waals surface area contributed by atoms with E-state index in [-0.39, 0.29) is 11.8 Å². The molecule has 1 N–H and O–H groups in total. The van der Waals surface area contributed by atoms with E-state index in [1.807, 2.05) is 24.3 Å². The molecule has 7 heteroatoms. The molecule has 1 aromatic carbocycles. The maximum atomic E-state index is 12.6. The second-order valence-corrected chi connectivity index (χ2v) is 9.01. The minimum Gasteiger partial charge on any atom is -0.497 e. The van der Waals surface area contributed by atoms with Gasteiger partial charge in [-0.15, -0.1) is 11.3 Å². The van der Waals surface area contributed by atoms with Crippen molar-refractivity contribution in [2.24, 2.45) is 5.92 Å². The number of nitrogens with one attached hydrogen (secondary N) is 1. The molecule has 0 unspecified atom stereocenters. The molecule has 0 saturated carbocycles. The zero-order chi connectivity index (χ0) is 21.1. The van der Waals surface area contributed by atoms with Gasteiger partial charge in [-0.25, -0.2) is 9.97 Å². The summed E-state index contributed by atoms with van der Waals surface area (Å²) < 4.78 is 5.18. The highest BCUT2D eigenvalue weighted by Crippen LogP contribution is 2.35. The number of benzene rings is 1. The lowest BCUT2D eigenvalue weighted by Crippen LogP contribution is -2.41. The van der Waals surface area contributed by atoms with Crippen LogP contribution in [0, 0.1) is 19.8 Å². The van der Waals surface area contributed by atoms with Gasteiger partial charge < -0.3 is 15.0 Å². The number of rotatable bonds is 6. The van der Waals surface area contributed by atoms with Gasteiger partial charge in [0.05, 0.1) is 12.5 Å². The van der Waals surface area contributed by atoms with Crippen molar-refractivity contribution in [3.8, 4) is 5.75 Å². The van der Waals surface area contributed by atoms with Gasteiger partial charge in [0.25, 0.3) is 0 Å².